The van der Waals surface area contributed by atoms with Crippen LogP contribution in [0.2, 0.25) is 0 Å². The molecule has 0 aliphatic carbocycles. The van der Waals surface area contributed by atoms with E-state index >= 15 is 0 Å². The van der Waals surface area contributed by atoms with Gasteiger partial charge in [-0.2, -0.15) is 0 Å². The Morgan fingerprint density at radius 2 is 2.40 bits per heavy atom. The number of pyridine rings is 1. The summed E-state index contributed by atoms with van der Waals surface area (Å²) in [6.45, 7) is 4.17. The van der Waals surface area contributed by atoms with Gasteiger partial charge in [-0.15, -0.1) is 11.3 Å². The second-order valence-electron chi connectivity index (χ2n) is 5.21. The van der Waals surface area contributed by atoms with Crippen LogP contribution in [0.1, 0.15) is 35.1 Å². The van der Waals surface area contributed by atoms with Gasteiger partial charge >= 0.3 is 0 Å². The first-order chi connectivity index (χ1) is 9.76. The van der Waals surface area contributed by atoms with Crippen LogP contribution in [0, 0.1) is 6.92 Å². The predicted molar refractivity (Wildman–Crippen MR) is 83.0 cm³/mol. The Kier molecular flexibility index (Phi) is 3.98. The van der Waals surface area contributed by atoms with Gasteiger partial charge < -0.3 is 5.32 Å². The molecule has 1 atom stereocenters. The predicted octanol–water partition coefficient (Wildman–Crippen LogP) is 3.23. The first-order valence-corrected chi connectivity index (χ1v) is 7.93. The second-order valence-corrected chi connectivity index (χ2v) is 6.27. The van der Waals surface area contributed by atoms with Gasteiger partial charge in [0.25, 0.3) is 0 Å². The number of rotatable bonds is 4. The van der Waals surface area contributed by atoms with E-state index in [4.69, 9.17) is 0 Å². The first kappa shape index (κ1) is 13.5. The molecule has 1 aliphatic heterocycles. The monoisotopic (exact) mass is 288 g/mol. The lowest BCUT2D eigenvalue weighted by atomic mass is 10.1. The highest BCUT2D eigenvalue weighted by Crippen LogP contribution is 2.33. The molecule has 4 nitrogen and oxygen atoms in total. The summed E-state index contributed by atoms with van der Waals surface area (Å²) in [4.78, 5) is 11.4. The quantitative estimate of drug-likeness (QED) is 0.938. The number of nitrogens with zero attached hydrogens (tertiary/aromatic N) is 3. The molecule has 0 radical (unpaired) electrons. The summed E-state index contributed by atoms with van der Waals surface area (Å²) in [5.74, 6) is 0.943. The fraction of sp³-hybridized carbons (Fsp3) is 0.467. The van der Waals surface area contributed by atoms with Crippen molar-refractivity contribution >= 4 is 17.2 Å². The van der Waals surface area contributed by atoms with Gasteiger partial charge in [-0.05, 0) is 44.0 Å². The molecule has 5 heteroatoms. The molecule has 0 amide bonds. The maximum absolute atomic E-state index is 4.59. The Bertz CT molecular complexity index is 581. The molecule has 3 rings (SSSR count). The van der Waals surface area contributed by atoms with E-state index in [2.05, 4.69) is 44.6 Å². The Morgan fingerprint density at radius 3 is 3.15 bits per heavy atom. The molecule has 0 bridgehead atoms. The second kappa shape index (κ2) is 5.89. The zero-order chi connectivity index (χ0) is 13.9. The third-order valence-electron chi connectivity index (χ3n) is 3.82. The Morgan fingerprint density at radius 1 is 1.50 bits per heavy atom. The van der Waals surface area contributed by atoms with Gasteiger partial charge in [-0.25, -0.2) is 9.97 Å². The molecule has 1 saturated heterocycles. The maximum atomic E-state index is 4.59. The van der Waals surface area contributed by atoms with E-state index in [1.807, 2.05) is 13.2 Å². The van der Waals surface area contributed by atoms with E-state index in [9.17, 15) is 0 Å². The average molecular weight is 288 g/mol. The zero-order valence-corrected chi connectivity index (χ0v) is 12.8. The molecule has 2 aromatic heterocycles. The molecular formula is C15H20N4S. The molecule has 20 heavy (non-hydrogen) atoms. The summed E-state index contributed by atoms with van der Waals surface area (Å²) in [5.41, 5.74) is 2.55. The van der Waals surface area contributed by atoms with Crippen LogP contribution in [0.5, 0.6) is 0 Å². The lowest BCUT2D eigenvalue weighted by molar-refractivity contribution is 0.246. The number of anilines is 1. The number of nitrogens with one attached hydrogen (secondary N) is 1. The summed E-state index contributed by atoms with van der Waals surface area (Å²) in [5, 5.41) is 6.45. The van der Waals surface area contributed by atoms with Crippen molar-refractivity contribution in [2.75, 3.05) is 18.9 Å². The van der Waals surface area contributed by atoms with Gasteiger partial charge in [-0.3, -0.25) is 4.90 Å². The Labute approximate surface area is 123 Å². The summed E-state index contributed by atoms with van der Waals surface area (Å²) in [6.07, 6.45) is 4.37. The van der Waals surface area contributed by atoms with E-state index in [-0.39, 0.29) is 0 Å². The topological polar surface area (TPSA) is 41.0 Å². The largest absolute Gasteiger partial charge is 0.373 e. The minimum atomic E-state index is 0.493. The number of hydrogen-bond donors (Lipinski definition) is 1. The molecule has 3 heterocycles. The lowest BCUT2D eigenvalue weighted by Gasteiger charge is -2.24. The van der Waals surface area contributed by atoms with Crippen molar-refractivity contribution in [3.63, 3.8) is 0 Å². The molecule has 1 aliphatic rings. The minimum Gasteiger partial charge on any atom is -0.373 e. The summed E-state index contributed by atoms with van der Waals surface area (Å²) < 4.78 is 0. The molecule has 0 spiro atoms. The van der Waals surface area contributed by atoms with Crippen molar-refractivity contribution in [3.8, 4) is 0 Å². The summed E-state index contributed by atoms with van der Waals surface area (Å²) >= 11 is 1.73. The maximum Gasteiger partial charge on any atom is 0.125 e. The van der Waals surface area contributed by atoms with Crippen LogP contribution in [0.25, 0.3) is 0 Å². The first-order valence-electron chi connectivity index (χ1n) is 7.05. The van der Waals surface area contributed by atoms with Gasteiger partial charge in [0, 0.05) is 31.2 Å². The summed E-state index contributed by atoms with van der Waals surface area (Å²) in [6, 6.07) is 4.79. The van der Waals surface area contributed by atoms with Crippen LogP contribution >= 0.6 is 11.3 Å². The van der Waals surface area contributed by atoms with Crippen LogP contribution < -0.4 is 5.32 Å². The SMILES string of the molecule is CNc1cc([C@@H]2CCCN2Cc2csc(C)n2)ccn1. The molecular weight excluding hydrogens is 268 g/mol. The highest BCUT2D eigenvalue weighted by molar-refractivity contribution is 7.09. The van der Waals surface area contributed by atoms with Crippen molar-refractivity contribution in [3.05, 3.63) is 40.0 Å². The number of thiazole rings is 1. The standard InChI is InChI=1S/C15H20N4S/c1-11-18-13(10-20-11)9-19-7-3-4-14(19)12-5-6-17-15(8-12)16-2/h5-6,8,10,14H,3-4,7,9H2,1-2H3,(H,16,17)/t14-/m0/s1. The molecule has 0 unspecified atom stereocenters. The molecule has 106 valence electrons. The molecule has 1 N–H and O–H groups in total. The van der Waals surface area contributed by atoms with Crippen LogP contribution in [0.3, 0.4) is 0 Å². The minimum absolute atomic E-state index is 0.493. The zero-order valence-electron chi connectivity index (χ0n) is 12.0. The van der Waals surface area contributed by atoms with Crippen LogP contribution in [-0.2, 0) is 6.54 Å². The average Bonchev–Trinajstić information content (AvgIpc) is 3.08. The Hall–Kier alpha value is -1.46. The highest BCUT2D eigenvalue weighted by Gasteiger charge is 2.26. The van der Waals surface area contributed by atoms with Gasteiger partial charge in [0.05, 0.1) is 10.7 Å². The van der Waals surface area contributed by atoms with E-state index in [0.717, 1.165) is 23.9 Å². The third-order valence-corrected chi connectivity index (χ3v) is 4.64. The van der Waals surface area contributed by atoms with Crippen molar-refractivity contribution in [1.29, 1.82) is 0 Å². The number of likely N-dealkylation sites (tertiary alicyclic amines) is 1. The van der Waals surface area contributed by atoms with E-state index in [0.29, 0.717) is 6.04 Å². The fourth-order valence-electron chi connectivity index (χ4n) is 2.87. The van der Waals surface area contributed by atoms with Gasteiger partial charge in [0.15, 0.2) is 0 Å². The third kappa shape index (κ3) is 2.83. The van der Waals surface area contributed by atoms with Crippen molar-refractivity contribution in [1.82, 2.24) is 14.9 Å². The van der Waals surface area contributed by atoms with Crippen molar-refractivity contribution in [2.24, 2.45) is 0 Å². The molecule has 0 aromatic carbocycles. The van der Waals surface area contributed by atoms with Crippen LogP contribution in [-0.4, -0.2) is 28.5 Å². The van der Waals surface area contributed by atoms with E-state index in [1.165, 1.54) is 24.1 Å². The normalized spacial score (nSPS) is 19.4. The fourth-order valence-corrected chi connectivity index (χ4v) is 3.48. The van der Waals surface area contributed by atoms with Gasteiger partial charge in [-0.1, -0.05) is 0 Å². The van der Waals surface area contributed by atoms with E-state index in [1.54, 1.807) is 11.3 Å². The lowest BCUT2D eigenvalue weighted by Crippen LogP contribution is -2.23. The number of aromatic nitrogens is 2. The molecule has 0 saturated carbocycles. The number of aryl methyl sites for hydroxylation is 1. The van der Waals surface area contributed by atoms with E-state index < -0.39 is 0 Å². The molecule has 1 fully saturated rings. The van der Waals surface area contributed by atoms with Crippen molar-refractivity contribution in [2.45, 2.75) is 32.4 Å². The smallest absolute Gasteiger partial charge is 0.125 e. The van der Waals surface area contributed by atoms with Crippen LogP contribution in [0.15, 0.2) is 23.7 Å². The summed E-state index contributed by atoms with van der Waals surface area (Å²) in [7, 11) is 1.91. The van der Waals surface area contributed by atoms with Crippen LogP contribution in [0.4, 0.5) is 5.82 Å². The molecule has 2 aromatic rings. The van der Waals surface area contributed by atoms with Gasteiger partial charge in [0.2, 0.25) is 0 Å². The number of hydrogen-bond acceptors (Lipinski definition) is 5. The van der Waals surface area contributed by atoms with Crippen molar-refractivity contribution < 1.29 is 0 Å². The van der Waals surface area contributed by atoms with Gasteiger partial charge in [0.1, 0.15) is 5.82 Å². The highest BCUT2D eigenvalue weighted by atomic mass is 32.1. The Balaban J connectivity index is 1.77.